The van der Waals surface area contributed by atoms with E-state index in [0.717, 1.165) is 12.8 Å². The van der Waals surface area contributed by atoms with Crippen molar-refractivity contribution in [1.29, 1.82) is 0 Å². The molecule has 0 aliphatic heterocycles. The first-order chi connectivity index (χ1) is 4.62. The first-order valence-corrected chi connectivity index (χ1v) is 5.29. The fraction of sp³-hybridized carbons (Fsp3) is 1.00. The van der Waals surface area contributed by atoms with Crippen molar-refractivity contribution in [3.8, 4) is 0 Å². The minimum absolute atomic E-state index is 0.104. The number of hydrogen-bond donors (Lipinski definition) is 1. The predicted molar refractivity (Wildman–Crippen MR) is 42.6 cm³/mol. The molecule has 0 heterocycles. The van der Waals surface area contributed by atoms with Gasteiger partial charge in [0.15, 0.2) is 9.84 Å². The van der Waals surface area contributed by atoms with E-state index in [-0.39, 0.29) is 5.88 Å². The zero-order valence-electron chi connectivity index (χ0n) is 6.55. The van der Waals surface area contributed by atoms with Gasteiger partial charge in [0.1, 0.15) is 0 Å². The Bertz CT molecular complexity index is 163. The first kappa shape index (κ1) is 9.91. The van der Waals surface area contributed by atoms with Crippen LogP contribution in [0.4, 0.5) is 0 Å². The lowest BCUT2D eigenvalue weighted by Crippen LogP contribution is -2.21. The van der Waals surface area contributed by atoms with Crippen molar-refractivity contribution in [2.24, 2.45) is 0 Å². The molecule has 0 aliphatic carbocycles. The van der Waals surface area contributed by atoms with E-state index < -0.39 is 9.84 Å². The maximum absolute atomic E-state index is 10.9. The van der Waals surface area contributed by atoms with Crippen LogP contribution in [0.5, 0.6) is 0 Å². The van der Waals surface area contributed by atoms with Gasteiger partial charge in [0.05, 0.1) is 11.6 Å². The summed E-state index contributed by atoms with van der Waals surface area (Å²) in [5, 5.41) is 2.63. The van der Waals surface area contributed by atoms with Gasteiger partial charge in [-0.05, 0) is 13.5 Å². The van der Waals surface area contributed by atoms with Gasteiger partial charge in [0.2, 0.25) is 0 Å². The predicted octanol–water partition coefficient (Wildman–Crippen LogP) is 0.378. The van der Waals surface area contributed by atoms with Crippen molar-refractivity contribution in [3.63, 3.8) is 0 Å². The van der Waals surface area contributed by atoms with Gasteiger partial charge in [-0.15, -0.1) is 0 Å². The maximum atomic E-state index is 10.9. The van der Waals surface area contributed by atoms with Gasteiger partial charge >= 0.3 is 0 Å². The Hall–Kier alpha value is -0.0900. The Kier molecular flexibility index (Phi) is 4.64. The summed E-state index contributed by atoms with van der Waals surface area (Å²) < 4.78 is 21.9. The van der Waals surface area contributed by atoms with Gasteiger partial charge in [-0.2, -0.15) is 0 Å². The molecular weight excluding hydrogens is 150 g/mol. The highest BCUT2D eigenvalue weighted by Gasteiger charge is 2.06. The standard InChI is InChI=1S/C6H15NO2S/c1-3-4-5-10(8,9)6-7-2/h7H,3-6H2,1-2H3. The highest BCUT2D eigenvalue weighted by atomic mass is 32.2. The van der Waals surface area contributed by atoms with E-state index in [1.165, 1.54) is 0 Å². The molecule has 4 heteroatoms. The zero-order valence-corrected chi connectivity index (χ0v) is 7.37. The second-order valence-corrected chi connectivity index (χ2v) is 4.48. The van der Waals surface area contributed by atoms with Crippen LogP contribution in [0, 0.1) is 0 Å². The van der Waals surface area contributed by atoms with E-state index in [9.17, 15) is 8.42 Å². The normalized spacial score (nSPS) is 11.8. The van der Waals surface area contributed by atoms with Gasteiger partial charge in [-0.25, -0.2) is 8.42 Å². The lowest BCUT2D eigenvalue weighted by atomic mass is 10.4. The van der Waals surface area contributed by atoms with Crippen LogP contribution in [0.2, 0.25) is 0 Å². The summed E-state index contributed by atoms with van der Waals surface area (Å²) in [7, 11) is -1.16. The minimum Gasteiger partial charge on any atom is -0.307 e. The lowest BCUT2D eigenvalue weighted by Gasteiger charge is -2.00. The summed E-state index contributed by atoms with van der Waals surface area (Å²) in [5.41, 5.74) is 0. The molecular formula is C6H15NO2S. The van der Waals surface area contributed by atoms with E-state index in [2.05, 4.69) is 5.32 Å². The van der Waals surface area contributed by atoms with Gasteiger partial charge < -0.3 is 5.32 Å². The molecule has 0 saturated heterocycles. The number of rotatable bonds is 5. The molecule has 0 aromatic rings. The summed E-state index contributed by atoms with van der Waals surface area (Å²) in [4.78, 5) is 0. The molecule has 62 valence electrons. The Balaban J connectivity index is 3.65. The van der Waals surface area contributed by atoms with E-state index >= 15 is 0 Å². The monoisotopic (exact) mass is 165 g/mol. The van der Waals surface area contributed by atoms with Crippen molar-refractivity contribution in [2.75, 3.05) is 18.7 Å². The molecule has 1 N–H and O–H groups in total. The Labute approximate surface area is 62.7 Å². The third-order valence-corrected chi connectivity index (χ3v) is 2.81. The molecule has 0 aromatic carbocycles. The van der Waals surface area contributed by atoms with Gasteiger partial charge in [-0.1, -0.05) is 13.3 Å². The third kappa shape index (κ3) is 4.76. The molecule has 0 amide bonds. The third-order valence-electron chi connectivity index (χ3n) is 1.17. The second kappa shape index (κ2) is 4.68. The van der Waals surface area contributed by atoms with Gasteiger partial charge in [-0.3, -0.25) is 0 Å². The fourth-order valence-corrected chi connectivity index (χ4v) is 1.97. The molecule has 0 rings (SSSR count). The summed E-state index contributed by atoms with van der Waals surface area (Å²) in [6.07, 6.45) is 1.70. The van der Waals surface area contributed by atoms with Crippen LogP contribution in [0.15, 0.2) is 0 Å². The maximum Gasteiger partial charge on any atom is 0.163 e. The van der Waals surface area contributed by atoms with Crippen LogP contribution in [-0.2, 0) is 9.84 Å². The fourth-order valence-electron chi connectivity index (χ4n) is 0.656. The van der Waals surface area contributed by atoms with Crippen LogP contribution >= 0.6 is 0 Å². The molecule has 0 radical (unpaired) electrons. The smallest absolute Gasteiger partial charge is 0.163 e. The molecule has 0 bridgehead atoms. The van der Waals surface area contributed by atoms with E-state index in [4.69, 9.17) is 0 Å². The summed E-state index contributed by atoms with van der Waals surface area (Å²) in [6.45, 7) is 1.98. The quantitative estimate of drug-likeness (QED) is 0.640. The van der Waals surface area contributed by atoms with Crippen LogP contribution in [0.1, 0.15) is 19.8 Å². The highest BCUT2D eigenvalue weighted by molar-refractivity contribution is 7.91. The molecule has 0 spiro atoms. The topological polar surface area (TPSA) is 46.2 Å². The number of unbranched alkanes of at least 4 members (excludes halogenated alkanes) is 1. The molecule has 0 aliphatic rings. The van der Waals surface area contributed by atoms with Crippen LogP contribution in [0.25, 0.3) is 0 Å². The Morgan fingerprint density at radius 1 is 1.40 bits per heavy atom. The minimum atomic E-state index is -2.80. The Morgan fingerprint density at radius 2 is 2.00 bits per heavy atom. The summed E-state index contributed by atoms with van der Waals surface area (Å²) in [5.74, 6) is 0.414. The van der Waals surface area contributed by atoms with Crippen molar-refractivity contribution in [3.05, 3.63) is 0 Å². The molecule has 10 heavy (non-hydrogen) atoms. The van der Waals surface area contributed by atoms with Crippen LogP contribution < -0.4 is 5.32 Å². The largest absolute Gasteiger partial charge is 0.307 e. The summed E-state index contributed by atoms with van der Waals surface area (Å²) >= 11 is 0. The molecule has 0 unspecified atom stereocenters. The van der Waals surface area contributed by atoms with E-state index in [0.29, 0.717) is 5.75 Å². The Morgan fingerprint density at radius 3 is 2.40 bits per heavy atom. The molecule has 0 saturated carbocycles. The molecule has 0 aromatic heterocycles. The number of sulfone groups is 1. The van der Waals surface area contributed by atoms with Crippen molar-refractivity contribution >= 4 is 9.84 Å². The van der Waals surface area contributed by atoms with Crippen molar-refractivity contribution < 1.29 is 8.42 Å². The van der Waals surface area contributed by atoms with E-state index in [1.54, 1.807) is 7.05 Å². The number of nitrogens with one attached hydrogen (secondary N) is 1. The highest BCUT2D eigenvalue weighted by Crippen LogP contribution is 1.94. The van der Waals surface area contributed by atoms with E-state index in [1.807, 2.05) is 6.92 Å². The number of hydrogen-bond acceptors (Lipinski definition) is 3. The SMILES string of the molecule is CCCCS(=O)(=O)CNC. The van der Waals surface area contributed by atoms with Crippen LogP contribution in [-0.4, -0.2) is 27.1 Å². The molecule has 3 nitrogen and oxygen atoms in total. The first-order valence-electron chi connectivity index (χ1n) is 3.47. The average Bonchev–Trinajstić information content (AvgIpc) is 1.84. The lowest BCUT2D eigenvalue weighted by molar-refractivity contribution is 0.588. The molecule has 0 atom stereocenters. The molecule has 0 fully saturated rings. The van der Waals surface area contributed by atoms with Crippen molar-refractivity contribution in [1.82, 2.24) is 5.32 Å². The van der Waals surface area contributed by atoms with Gasteiger partial charge in [0, 0.05) is 0 Å². The second-order valence-electron chi connectivity index (χ2n) is 2.30. The van der Waals surface area contributed by atoms with Crippen molar-refractivity contribution in [2.45, 2.75) is 19.8 Å². The zero-order chi connectivity index (χ0) is 8.04. The average molecular weight is 165 g/mol. The summed E-state index contributed by atoms with van der Waals surface area (Å²) in [6, 6.07) is 0. The van der Waals surface area contributed by atoms with Gasteiger partial charge in [0.25, 0.3) is 0 Å². The van der Waals surface area contributed by atoms with Crippen LogP contribution in [0.3, 0.4) is 0 Å².